The fraction of sp³-hybridized carbons (Fsp3) is 0.308. The van der Waals surface area contributed by atoms with Gasteiger partial charge in [0.25, 0.3) is 0 Å². The summed E-state index contributed by atoms with van der Waals surface area (Å²) in [5, 5.41) is 0. The van der Waals surface area contributed by atoms with E-state index in [4.69, 9.17) is 0 Å². The summed E-state index contributed by atoms with van der Waals surface area (Å²) in [4.78, 5) is 4.14. The van der Waals surface area contributed by atoms with Crippen molar-refractivity contribution in [1.82, 2.24) is 9.55 Å². The van der Waals surface area contributed by atoms with E-state index < -0.39 is 0 Å². The minimum Gasteiger partial charge on any atom is -0.334 e. The standard InChI is InChI=1S/C13H16N2/c1-10(2)11-5-4-6-12(7-11)13-8-14-9-15(13)3/h4-10H,1-3H3. The van der Waals surface area contributed by atoms with Crippen molar-refractivity contribution < 1.29 is 0 Å². The highest BCUT2D eigenvalue weighted by Crippen LogP contribution is 2.22. The van der Waals surface area contributed by atoms with Gasteiger partial charge in [0.1, 0.15) is 0 Å². The zero-order chi connectivity index (χ0) is 10.8. The molecule has 0 aliphatic rings. The first kappa shape index (κ1) is 9.97. The molecule has 2 aromatic rings. The molecule has 0 amide bonds. The Bertz CT molecular complexity index is 455. The van der Waals surface area contributed by atoms with Crippen molar-refractivity contribution in [3.8, 4) is 11.3 Å². The van der Waals surface area contributed by atoms with Gasteiger partial charge in [0, 0.05) is 12.6 Å². The van der Waals surface area contributed by atoms with Gasteiger partial charge in [-0.05, 0) is 17.5 Å². The number of aryl methyl sites for hydroxylation is 1. The molecule has 1 aromatic carbocycles. The molecule has 15 heavy (non-hydrogen) atoms. The number of hydrogen-bond donors (Lipinski definition) is 0. The van der Waals surface area contributed by atoms with Crippen LogP contribution in [0.15, 0.2) is 36.8 Å². The molecule has 0 spiro atoms. The van der Waals surface area contributed by atoms with E-state index in [9.17, 15) is 0 Å². The molecule has 1 heterocycles. The van der Waals surface area contributed by atoms with Crippen LogP contribution in [-0.2, 0) is 7.05 Å². The lowest BCUT2D eigenvalue weighted by atomic mass is 10.00. The highest BCUT2D eigenvalue weighted by molar-refractivity contribution is 5.60. The van der Waals surface area contributed by atoms with Crippen LogP contribution in [0.25, 0.3) is 11.3 Å². The van der Waals surface area contributed by atoms with Crippen molar-refractivity contribution >= 4 is 0 Å². The van der Waals surface area contributed by atoms with Gasteiger partial charge in [-0.15, -0.1) is 0 Å². The summed E-state index contributed by atoms with van der Waals surface area (Å²) in [6.45, 7) is 4.42. The van der Waals surface area contributed by atoms with Gasteiger partial charge in [0.15, 0.2) is 0 Å². The number of benzene rings is 1. The smallest absolute Gasteiger partial charge is 0.0948 e. The number of hydrogen-bond acceptors (Lipinski definition) is 1. The molecule has 0 saturated heterocycles. The average molecular weight is 200 g/mol. The Morgan fingerprint density at radius 3 is 2.67 bits per heavy atom. The number of nitrogens with zero attached hydrogens (tertiary/aromatic N) is 2. The van der Waals surface area contributed by atoms with Gasteiger partial charge in [-0.25, -0.2) is 4.98 Å². The highest BCUT2D eigenvalue weighted by Gasteiger charge is 2.04. The van der Waals surface area contributed by atoms with E-state index in [1.165, 1.54) is 11.1 Å². The van der Waals surface area contributed by atoms with Crippen LogP contribution in [0.5, 0.6) is 0 Å². The van der Waals surface area contributed by atoms with E-state index >= 15 is 0 Å². The molecule has 0 fully saturated rings. The highest BCUT2D eigenvalue weighted by atomic mass is 15.0. The third kappa shape index (κ3) is 1.94. The van der Waals surface area contributed by atoms with Crippen molar-refractivity contribution in [3.63, 3.8) is 0 Å². The second-order valence-corrected chi connectivity index (χ2v) is 4.17. The molecule has 0 unspecified atom stereocenters. The largest absolute Gasteiger partial charge is 0.334 e. The molecule has 0 aliphatic carbocycles. The second-order valence-electron chi connectivity index (χ2n) is 4.17. The summed E-state index contributed by atoms with van der Waals surface area (Å²) >= 11 is 0. The van der Waals surface area contributed by atoms with Crippen LogP contribution < -0.4 is 0 Å². The monoisotopic (exact) mass is 200 g/mol. The zero-order valence-electron chi connectivity index (χ0n) is 9.44. The summed E-state index contributed by atoms with van der Waals surface area (Å²) in [7, 11) is 2.02. The van der Waals surface area contributed by atoms with E-state index in [2.05, 4.69) is 43.1 Å². The van der Waals surface area contributed by atoms with E-state index in [1.54, 1.807) is 0 Å². The number of imidazole rings is 1. The molecule has 0 aliphatic heterocycles. The Morgan fingerprint density at radius 2 is 2.07 bits per heavy atom. The summed E-state index contributed by atoms with van der Waals surface area (Å²) in [6, 6.07) is 8.65. The third-order valence-electron chi connectivity index (χ3n) is 2.67. The van der Waals surface area contributed by atoms with Gasteiger partial charge in [-0.1, -0.05) is 32.0 Å². The van der Waals surface area contributed by atoms with E-state index in [-0.39, 0.29) is 0 Å². The lowest BCUT2D eigenvalue weighted by molar-refractivity contribution is 0.865. The molecule has 78 valence electrons. The molecule has 2 rings (SSSR count). The van der Waals surface area contributed by atoms with Gasteiger partial charge in [0.2, 0.25) is 0 Å². The van der Waals surface area contributed by atoms with E-state index in [0.29, 0.717) is 5.92 Å². The molecule has 0 saturated carbocycles. The first-order valence-electron chi connectivity index (χ1n) is 5.25. The normalized spacial score (nSPS) is 10.9. The van der Waals surface area contributed by atoms with Gasteiger partial charge in [-0.2, -0.15) is 0 Å². The maximum Gasteiger partial charge on any atom is 0.0948 e. The summed E-state index contributed by atoms with van der Waals surface area (Å²) in [6.07, 6.45) is 3.73. The molecule has 2 nitrogen and oxygen atoms in total. The van der Waals surface area contributed by atoms with Crippen molar-refractivity contribution in [2.45, 2.75) is 19.8 Å². The third-order valence-corrected chi connectivity index (χ3v) is 2.67. The Morgan fingerprint density at radius 1 is 1.27 bits per heavy atom. The number of rotatable bonds is 2. The number of aromatic nitrogens is 2. The van der Waals surface area contributed by atoms with Crippen molar-refractivity contribution in [1.29, 1.82) is 0 Å². The van der Waals surface area contributed by atoms with Crippen LogP contribution in [0, 0.1) is 0 Å². The summed E-state index contributed by atoms with van der Waals surface area (Å²) in [5.41, 5.74) is 3.77. The van der Waals surface area contributed by atoms with Gasteiger partial charge >= 0.3 is 0 Å². The second kappa shape index (κ2) is 3.89. The molecule has 0 radical (unpaired) electrons. The van der Waals surface area contributed by atoms with Crippen molar-refractivity contribution in [2.75, 3.05) is 0 Å². The first-order chi connectivity index (χ1) is 7.18. The van der Waals surface area contributed by atoms with Gasteiger partial charge < -0.3 is 4.57 Å². The Kier molecular flexibility index (Phi) is 2.58. The molecule has 1 aromatic heterocycles. The quantitative estimate of drug-likeness (QED) is 0.727. The van der Waals surface area contributed by atoms with Crippen LogP contribution in [0.2, 0.25) is 0 Å². The van der Waals surface area contributed by atoms with Crippen LogP contribution in [0.1, 0.15) is 25.3 Å². The van der Waals surface area contributed by atoms with E-state index in [1.807, 2.05) is 24.1 Å². The summed E-state index contributed by atoms with van der Waals surface area (Å²) in [5.74, 6) is 0.568. The lowest BCUT2D eigenvalue weighted by Crippen LogP contribution is -1.92. The molecule has 0 bridgehead atoms. The zero-order valence-corrected chi connectivity index (χ0v) is 9.44. The van der Waals surface area contributed by atoms with Crippen molar-refractivity contribution in [2.24, 2.45) is 7.05 Å². The van der Waals surface area contributed by atoms with E-state index in [0.717, 1.165) is 5.69 Å². The molecular weight excluding hydrogens is 184 g/mol. The van der Waals surface area contributed by atoms with Crippen LogP contribution in [0.4, 0.5) is 0 Å². The molecule has 0 atom stereocenters. The van der Waals surface area contributed by atoms with Crippen LogP contribution in [-0.4, -0.2) is 9.55 Å². The van der Waals surface area contributed by atoms with Crippen LogP contribution >= 0.6 is 0 Å². The lowest BCUT2D eigenvalue weighted by Gasteiger charge is -2.08. The Balaban J connectivity index is 2.46. The topological polar surface area (TPSA) is 17.8 Å². The minimum atomic E-state index is 0.568. The Labute approximate surface area is 90.6 Å². The maximum atomic E-state index is 4.14. The summed E-state index contributed by atoms with van der Waals surface area (Å²) < 4.78 is 2.04. The van der Waals surface area contributed by atoms with Crippen molar-refractivity contribution in [3.05, 3.63) is 42.4 Å². The average Bonchev–Trinajstić information content (AvgIpc) is 2.64. The van der Waals surface area contributed by atoms with Crippen LogP contribution in [0.3, 0.4) is 0 Å². The predicted octanol–water partition coefficient (Wildman–Crippen LogP) is 3.21. The minimum absolute atomic E-state index is 0.568. The first-order valence-corrected chi connectivity index (χ1v) is 5.25. The molecule has 0 N–H and O–H groups in total. The molecular formula is C13H16N2. The fourth-order valence-electron chi connectivity index (χ4n) is 1.69. The maximum absolute atomic E-state index is 4.14. The molecule has 2 heteroatoms. The Hall–Kier alpha value is -1.57. The van der Waals surface area contributed by atoms with Gasteiger partial charge in [0.05, 0.1) is 18.2 Å². The SMILES string of the molecule is CC(C)c1cccc(-c2cncn2C)c1. The predicted molar refractivity (Wildman–Crippen MR) is 62.7 cm³/mol. The van der Waals surface area contributed by atoms with Gasteiger partial charge in [-0.3, -0.25) is 0 Å². The fourth-order valence-corrected chi connectivity index (χ4v) is 1.69.